The summed E-state index contributed by atoms with van der Waals surface area (Å²) in [6.07, 6.45) is 4.56. The fourth-order valence-electron chi connectivity index (χ4n) is 2.56. The first kappa shape index (κ1) is 18.7. The molecular weight excluding hydrogens is 390 g/mol. The van der Waals surface area contributed by atoms with Crippen LogP contribution in [0.2, 0.25) is 0 Å². The van der Waals surface area contributed by atoms with Crippen LogP contribution in [-0.4, -0.2) is 22.6 Å². The third kappa shape index (κ3) is 4.74. The highest BCUT2D eigenvalue weighted by atomic mass is 32.2. The predicted molar refractivity (Wildman–Crippen MR) is 111 cm³/mol. The van der Waals surface area contributed by atoms with E-state index in [1.165, 1.54) is 36.1 Å². The molecule has 25 heavy (non-hydrogen) atoms. The molecule has 1 amide bonds. The molecule has 0 saturated heterocycles. The van der Waals surface area contributed by atoms with E-state index in [0.29, 0.717) is 0 Å². The standard InChI is InChI=1S/C18H19NO2S4/c1-22-17(18(20)19-21)5-2-4-12-7-8-15(24-12)16-10-9-14(25-16)13-6-3-11-23-13/h3,6-11,17,21H,2,4-5H2,1H3,(H,19,20). The monoisotopic (exact) mass is 409 g/mol. The van der Waals surface area contributed by atoms with Gasteiger partial charge in [-0.3, -0.25) is 10.0 Å². The Morgan fingerprint density at radius 3 is 2.52 bits per heavy atom. The number of thiophene rings is 3. The van der Waals surface area contributed by atoms with Crippen molar-refractivity contribution in [3.8, 4) is 19.5 Å². The Hall–Kier alpha value is -1.12. The van der Waals surface area contributed by atoms with E-state index in [9.17, 15) is 4.79 Å². The van der Waals surface area contributed by atoms with E-state index < -0.39 is 0 Å². The molecule has 0 aliphatic rings. The highest BCUT2D eigenvalue weighted by Crippen LogP contribution is 2.39. The lowest BCUT2D eigenvalue weighted by Crippen LogP contribution is -2.29. The summed E-state index contributed by atoms with van der Waals surface area (Å²) in [4.78, 5) is 18.1. The minimum Gasteiger partial charge on any atom is -0.289 e. The lowest BCUT2D eigenvalue weighted by atomic mass is 10.1. The van der Waals surface area contributed by atoms with Gasteiger partial charge >= 0.3 is 0 Å². The van der Waals surface area contributed by atoms with E-state index in [-0.39, 0.29) is 11.2 Å². The van der Waals surface area contributed by atoms with Crippen molar-refractivity contribution in [2.75, 3.05) is 6.26 Å². The lowest BCUT2D eigenvalue weighted by molar-refractivity contribution is -0.128. The molecule has 3 heterocycles. The first-order chi connectivity index (χ1) is 12.2. The van der Waals surface area contributed by atoms with Crippen LogP contribution in [0.15, 0.2) is 41.8 Å². The smallest absolute Gasteiger partial charge is 0.256 e. The van der Waals surface area contributed by atoms with Crippen LogP contribution >= 0.6 is 45.8 Å². The van der Waals surface area contributed by atoms with E-state index in [2.05, 4.69) is 41.8 Å². The van der Waals surface area contributed by atoms with E-state index in [1.54, 1.807) is 16.8 Å². The van der Waals surface area contributed by atoms with Gasteiger partial charge in [-0.2, -0.15) is 11.8 Å². The van der Waals surface area contributed by atoms with Crippen LogP contribution in [0.5, 0.6) is 0 Å². The summed E-state index contributed by atoms with van der Waals surface area (Å²) >= 11 is 6.91. The average Bonchev–Trinajstić information content (AvgIpc) is 3.38. The van der Waals surface area contributed by atoms with E-state index >= 15 is 0 Å². The molecule has 0 spiro atoms. The van der Waals surface area contributed by atoms with Crippen LogP contribution in [0, 0.1) is 0 Å². The summed E-state index contributed by atoms with van der Waals surface area (Å²) < 4.78 is 0. The van der Waals surface area contributed by atoms with Gasteiger partial charge < -0.3 is 0 Å². The first-order valence-corrected chi connectivity index (χ1v) is 11.7. The Bertz CT molecular complexity index is 807. The Labute approximate surface area is 163 Å². The molecule has 0 aliphatic heterocycles. The van der Waals surface area contributed by atoms with Gasteiger partial charge in [0.25, 0.3) is 5.91 Å². The Balaban J connectivity index is 1.58. The molecule has 0 bridgehead atoms. The zero-order chi connectivity index (χ0) is 17.6. The summed E-state index contributed by atoms with van der Waals surface area (Å²) in [6, 6.07) is 13.0. The van der Waals surface area contributed by atoms with Crippen LogP contribution in [0.3, 0.4) is 0 Å². The van der Waals surface area contributed by atoms with Gasteiger partial charge in [-0.25, -0.2) is 5.48 Å². The van der Waals surface area contributed by atoms with Crippen LogP contribution in [-0.2, 0) is 11.2 Å². The molecule has 3 nitrogen and oxygen atoms in total. The topological polar surface area (TPSA) is 49.3 Å². The third-order valence-electron chi connectivity index (χ3n) is 3.85. The van der Waals surface area contributed by atoms with Crippen LogP contribution < -0.4 is 5.48 Å². The molecule has 132 valence electrons. The number of amides is 1. The van der Waals surface area contributed by atoms with Gasteiger partial charge in [-0.05, 0) is 61.2 Å². The lowest BCUT2D eigenvalue weighted by Gasteiger charge is -2.10. The number of hydroxylamine groups is 1. The van der Waals surface area contributed by atoms with Gasteiger partial charge in [-0.1, -0.05) is 6.07 Å². The molecule has 0 fully saturated rings. The summed E-state index contributed by atoms with van der Waals surface area (Å²) in [5.74, 6) is -0.306. The largest absolute Gasteiger partial charge is 0.289 e. The molecule has 0 saturated carbocycles. The fraction of sp³-hybridized carbons (Fsp3) is 0.278. The summed E-state index contributed by atoms with van der Waals surface area (Å²) in [5.41, 5.74) is 1.75. The SMILES string of the molecule is CSC(CCCc1ccc(-c2ccc(-c3cccs3)s2)s1)C(=O)NO. The fourth-order valence-corrected chi connectivity index (χ4v) is 6.21. The molecule has 3 rings (SSSR count). The highest BCUT2D eigenvalue weighted by molar-refractivity contribution is 7.99. The Kier molecular flexibility index (Phi) is 6.72. The molecule has 7 heteroatoms. The van der Waals surface area contributed by atoms with Crippen molar-refractivity contribution >= 4 is 51.7 Å². The number of carbonyl (C=O) groups excluding carboxylic acids is 1. The number of nitrogens with one attached hydrogen (secondary N) is 1. The highest BCUT2D eigenvalue weighted by Gasteiger charge is 2.16. The van der Waals surface area contributed by atoms with Crippen molar-refractivity contribution in [2.45, 2.75) is 24.5 Å². The maximum Gasteiger partial charge on any atom is 0.256 e. The predicted octanol–water partition coefficient (Wildman–Crippen LogP) is 5.76. The molecule has 3 aromatic rings. The normalized spacial score (nSPS) is 12.2. The maximum atomic E-state index is 11.5. The van der Waals surface area contributed by atoms with Crippen LogP contribution in [0.1, 0.15) is 17.7 Å². The van der Waals surface area contributed by atoms with Crippen molar-refractivity contribution in [1.29, 1.82) is 0 Å². The van der Waals surface area contributed by atoms with Crippen LogP contribution in [0.25, 0.3) is 19.5 Å². The molecule has 1 unspecified atom stereocenters. The van der Waals surface area contributed by atoms with Gasteiger partial charge in [-0.15, -0.1) is 34.0 Å². The van der Waals surface area contributed by atoms with Crippen molar-refractivity contribution in [3.63, 3.8) is 0 Å². The molecule has 2 N–H and O–H groups in total. The van der Waals surface area contributed by atoms with Crippen molar-refractivity contribution in [2.24, 2.45) is 0 Å². The zero-order valence-electron chi connectivity index (χ0n) is 13.7. The molecule has 0 aromatic carbocycles. The molecule has 0 radical (unpaired) electrons. The van der Waals surface area contributed by atoms with E-state index in [1.807, 2.05) is 28.9 Å². The van der Waals surface area contributed by atoms with Gasteiger partial charge in [0.1, 0.15) is 0 Å². The van der Waals surface area contributed by atoms with Crippen molar-refractivity contribution in [3.05, 3.63) is 46.7 Å². The Morgan fingerprint density at radius 2 is 1.84 bits per heavy atom. The average molecular weight is 410 g/mol. The van der Waals surface area contributed by atoms with Crippen molar-refractivity contribution in [1.82, 2.24) is 5.48 Å². The zero-order valence-corrected chi connectivity index (χ0v) is 17.0. The summed E-state index contributed by atoms with van der Waals surface area (Å²) in [6.45, 7) is 0. The number of carbonyl (C=O) groups is 1. The summed E-state index contributed by atoms with van der Waals surface area (Å²) in [7, 11) is 0. The Morgan fingerprint density at radius 1 is 1.12 bits per heavy atom. The number of rotatable bonds is 8. The third-order valence-corrected chi connectivity index (χ3v) is 8.36. The van der Waals surface area contributed by atoms with Gasteiger partial charge in [0.2, 0.25) is 0 Å². The minimum atomic E-state index is -0.306. The van der Waals surface area contributed by atoms with E-state index in [4.69, 9.17) is 5.21 Å². The number of hydrogen-bond donors (Lipinski definition) is 2. The van der Waals surface area contributed by atoms with Gasteiger partial charge in [0.15, 0.2) is 0 Å². The van der Waals surface area contributed by atoms with Gasteiger partial charge in [0, 0.05) is 24.4 Å². The molecule has 3 aromatic heterocycles. The van der Waals surface area contributed by atoms with Gasteiger partial charge in [0.05, 0.1) is 5.25 Å². The second-order valence-electron chi connectivity index (χ2n) is 5.50. The molecular formula is C18H19NO2S4. The second kappa shape index (κ2) is 9.00. The number of hydrogen-bond acceptors (Lipinski definition) is 6. The number of aryl methyl sites for hydroxylation is 1. The minimum absolute atomic E-state index is 0.185. The number of thioether (sulfide) groups is 1. The molecule has 1 atom stereocenters. The quantitative estimate of drug-likeness (QED) is 0.367. The summed E-state index contributed by atoms with van der Waals surface area (Å²) in [5, 5.41) is 10.7. The van der Waals surface area contributed by atoms with E-state index in [0.717, 1.165) is 19.3 Å². The van der Waals surface area contributed by atoms with Crippen LogP contribution in [0.4, 0.5) is 0 Å². The molecule has 0 aliphatic carbocycles. The second-order valence-corrected chi connectivity index (χ2v) is 9.74. The maximum absolute atomic E-state index is 11.5. The first-order valence-electron chi connectivity index (χ1n) is 7.91. The van der Waals surface area contributed by atoms with Crippen molar-refractivity contribution < 1.29 is 10.0 Å².